The third kappa shape index (κ3) is 2.65. The summed E-state index contributed by atoms with van der Waals surface area (Å²) in [5.74, 6) is -0.352. The number of aromatic nitrogens is 5. The molecule has 9 heteroatoms. The van der Waals surface area contributed by atoms with Crippen molar-refractivity contribution in [2.75, 3.05) is 5.32 Å². The van der Waals surface area contributed by atoms with Crippen LogP contribution in [0.4, 0.5) is 5.69 Å². The molecule has 0 fully saturated rings. The fraction of sp³-hybridized carbons (Fsp3) is 0. The molecule has 0 bridgehead atoms. The lowest BCUT2D eigenvalue weighted by Crippen LogP contribution is -2.11. The number of amides is 1. The maximum absolute atomic E-state index is 11.9. The van der Waals surface area contributed by atoms with E-state index in [2.05, 4.69) is 25.7 Å². The topological polar surface area (TPSA) is 85.6 Å². The number of nitrogens with zero attached hydrogens (tertiary/aromatic N) is 5. The van der Waals surface area contributed by atoms with Gasteiger partial charge in [0.15, 0.2) is 0 Å². The molecule has 0 radical (unpaired) electrons. The Kier molecular flexibility index (Phi) is 3.40. The molecule has 1 aromatic carbocycles. The van der Waals surface area contributed by atoms with Gasteiger partial charge in [-0.15, -0.1) is 20.4 Å². The highest BCUT2D eigenvalue weighted by atomic mass is 35.5. The van der Waals surface area contributed by atoms with Crippen LogP contribution >= 0.6 is 22.9 Å². The first kappa shape index (κ1) is 12.7. The van der Waals surface area contributed by atoms with Crippen LogP contribution in [0.25, 0.3) is 5.69 Å². The van der Waals surface area contributed by atoms with E-state index in [1.807, 2.05) is 12.1 Å². The summed E-state index contributed by atoms with van der Waals surface area (Å²) < 4.78 is 1.96. The molecule has 2 aromatic heterocycles. The van der Waals surface area contributed by atoms with Crippen LogP contribution in [0.5, 0.6) is 0 Å². The van der Waals surface area contributed by atoms with E-state index in [0.29, 0.717) is 5.69 Å². The number of carbonyl (C=O) groups excluding carboxylic acids is 1. The molecule has 0 saturated heterocycles. The largest absolute Gasteiger partial charge is 0.320 e. The van der Waals surface area contributed by atoms with Crippen molar-refractivity contribution in [3.8, 4) is 5.69 Å². The molecule has 3 rings (SSSR count). The van der Waals surface area contributed by atoms with Crippen LogP contribution in [0.3, 0.4) is 0 Å². The van der Waals surface area contributed by atoms with Crippen LogP contribution < -0.4 is 5.32 Å². The second-order valence-corrected chi connectivity index (χ2v) is 5.29. The van der Waals surface area contributed by atoms with Gasteiger partial charge in [-0.1, -0.05) is 17.4 Å². The monoisotopic (exact) mass is 306 g/mol. The molecule has 0 aliphatic heterocycles. The second kappa shape index (κ2) is 5.35. The van der Waals surface area contributed by atoms with Gasteiger partial charge in [0.25, 0.3) is 5.91 Å². The summed E-state index contributed by atoms with van der Waals surface area (Å²) in [7, 11) is 0. The van der Waals surface area contributed by atoms with Gasteiger partial charge in [-0.2, -0.15) is 0 Å². The van der Waals surface area contributed by atoms with E-state index in [1.54, 1.807) is 29.4 Å². The summed E-state index contributed by atoms with van der Waals surface area (Å²) in [6.07, 6.45) is 3.15. The number of carbonyl (C=O) groups is 1. The average Bonchev–Trinajstić information content (AvgIpc) is 3.10. The van der Waals surface area contributed by atoms with Gasteiger partial charge in [0.05, 0.1) is 5.69 Å². The summed E-state index contributed by atoms with van der Waals surface area (Å²) in [4.78, 5) is 11.9. The van der Waals surface area contributed by atoms with Gasteiger partial charge in [-0.25, -0.2) is 0 Å². The Morgan fingerprint density at radius 3 is 2.75 bits per heavy atom. The lowest BCUT2D eigenvalue weighted by Gasteiger charge is -2.06. The Bertz CT molecular complexity index is 741. The summed E-state index contributed by atoms with van der Waals surface area (Å²) >= 11 is 6.67. The van der Waals surface area contributed by atoms with E-state index in [9.17, 15) is 4.79 Å². The molecular formula is C11H7ClN6OS. The van der Waals surface area contributed by atoms with Crippen LogP contribution in [-0.2, 0) is 0 Å². The Balaban J connectivity index is 1.81. The van der Waals surface area contributed by atoms with Crippen molar-refractivity contribution in [3.05, 3.63) is 46.4 Å². The first-order chi connectivity index (χ1) is 9.72. The molecule has 0 spiro atoms. The summed E-state index contributed by atoms with van der Waals surface area (Å²) in [6.45, 7) is 0. The number of nitrogens with one attached hydrogen (secondary N) is 1. The Morgan fingerprint density at radius 1 is 1.25 bits per heavy atom. The maximum Gasteiger partial charge on any atom is 0.286 e. The van der Waals surface area contributed by atoms with Crippen LogP contribution in [-0.4, -0.2) is 30.9 Å². The number of benzene rings is 1. The Morgan fingerprint density at radius 2 is 2.05 bits per heavy atom. The fourth-order valence-electron chi connectivity index (χ4n) is 1.56. The average molecular weight is 307 g/mol. The molecule has 0 atom stereocenters. The zero-order valence-corrected chi connectivity index (χ0v) is 11.5. The zero-order chi connectivity index (χ0) is 13.9. The van der Waals surface area contributed by atoms with Gasteiger partial charge in [-0.05, 0) is 29.8 Å². The van der Waals surface area contributed by atoms with Crippen molar-refractivity contribution in [1.82, 2.24) is 25.0 Å². The molecular weight excluding hydrogens is 300 g/mol. The first-order valence-electron chi connectivity index (χ1n) is 5.48. The normalized spacial score (nSPS) is 10.4. The number of halogens is 1. The highest BCUT2D eigenvalue weighted by Crippen LogP contribution is 2.18. The molecule has 0 unspecified atom stereocenters. The van der Waals surface area contributed by atoms with Crippen LogP contribution in [0.1, 0.15) is 9.80 Å². The molecule has 100 valence electrons. The molecule has 20 heavy (non-hydrogen) atoms. The van der Waals surface area contributed by atoms with E-state index in [0.717, 1.165) is 17.0 Å². The smallest absolute Gasteiger partial charge is 0.286 e. The number of hydrogen-bond acceptors (Lipinski definition) is 6. The SMILES string of the molecule is O=C(Nc1cccc(-n2cnnc2)c1)c1nnc(Cl)s1. The van der Waals surface area contributed by atoms with Gasteiger partial charge in [0.1, 0.15) is 12.7 Å². The molecule has 1 N–H and O–H groups in total. The molecule has 0 aliphatic rings. The van der Waals surface area contributed by atoms with E-state index >= 15 is 0 Å². The van der Waals surface area contributed by atoms with Crippen molar-refractivity contribution in [3.63, 3.8) is 0 Å². The minimum atomic E-state index is -0.352. The van der Waals surface area contributed by atoms with Crippen molar-refractivity contribution < 1.29 is 4.79 Å². The van der Waals surface area contributed by atoms with Gasteiger partial charge in [-0.3, -0.25) is 9.36 Å². The van der Waals surface area contributed by atoms with Crippen LogP contribution in [0.2, 0.25) is 4.47 Å². The summed E-state index contributed by atoms with van der Waals surface area (Å²) in [5.41, 5.74) is 1.47. The Labute approximate surface area is 122 Å². The predicted octanol–water partition coefficient (Wildman–Crippen LogP) is 2.02. The third-order valence-corrected chi connectivity index (χ3v) is 3.43. The predicted molar refractivity (Wildman–Crippen MR) is 74.2 cm³/mol. The minimum Gasteiger partial charge on any atom is -0.320 e. The van der Waals surface area contributed by atoms with Gasteiger partial charge in [0, 0.05) is 5.69 Å². The summed E-state index contributed by atoms with van der Waals surface area (Å²) in [5, 5.41) is 17.7. The van der Waals surface area contributed by atoms with Crippen molar-refractivity contribution in [2.24, 2.45) is 0 Å². The lowest BCUT2D eigenvalue weighted by atomic mass is 10.2. The van der Waals surface area contributed by atoms with Crippen molar-refractivity contribution in [1.29, 1.82) is 0 Å². The maximum atomic E-state index is 11.9. The highest BCUT2D eigenvalue weighted by molar-refractivity contribution is 7.17. The number of rotatable bonds is 3. The number of hydrogen-bond donors (Lipinski definition) is 1. The van der Waals surface area contributed by atoms with E-state index < -0.39 is 0 Å². The quantitative estimate of drug-likeness (QED) is 0.800. The van der Waals surface area contributed by atoms with E-state index in [1.165, 1.54) is 0 Å². The van der Waals surface area contributed by atoms with E-state index in [4.69, 9.17) is 11.6 Å². The highest BCUT2D eigenvalue weighted by Gasteiger charge is 2.12. The standard InChI is InChI=1S/C11H7ClN6OS/c12-11-17-16-10(20-11)9(19)15-7-2-1-3-8(4-7)18-5-13-14-6-18/h1-6H,(H,15,19). The van der Waals surface area contributed by atoms with Crippen LogP contribution in [0, 0.1) is 0 Å². The molecule has 1 amide bonds. The lowest BCUT2D eigenvalue weighted by molar-refractivity contribution is 0.102. The van der Waals surface area contributed by atoms with E-state index in [-0.39, 0.29) is 15.4 Å². The van der Waals surface area contributed by atoms with Gasteiger partial charge >= 0.3 is 0 Å². The number of anilines is 1. The molecule has 0 saturated carbocycles. The molecule has 3 aromatic rings. The fourth-order valence-corrected chi connectivity index (χ4v) is 2.28. The molecule has 7 nitrogen and oxygen atoms in total. The molecule has 2 heterocycles. The van der Waals surface area contributed by atoms with Crippen molar-refractivity contribution in [2.45, 2.75) is 0 Å². The zero-order valence-electron chi connectivity index (χ0n) is 9.89. The second-order valence-electron chi connectivity index (χ2n) is 3.73. The summed E-state index contributed by atoms with van der Waals surface area (Å²) in [6, 6.07) is 7.26. The Hall–Kier alpha value is -2.32. The minimum absolute atomic E-state index is 0.213. The first-order valence-corrected chi connectivity index (χ1v) is 6.67. The van der Waals surface area contributed by atoms with Crippen LogP contribution in [0.15, 0.2) is 36.9 Å². The third-order valence-electron chi connectivity index (χ3n) is 2.42. The molecule has 0 aliphatic carbocycles. The van der Waals surface area contributed by atoms with Gasteiger partial charge in [0.2, 0.25) is 9.47 Å². The van der Waals surface area contributed by atoms with Gasteiger partial charge < -0.3 is 5.32 Å². The van der Waals surface area contributed by atoms with Crippen molar-refractivity contribution >= 4 is 34.5 Å².